The highest BCUT2D eigenvalue weighted by molar-refractivity contribution is 9.10. The Morgan fingerprint density at radius 3 is 3.00 bits per heavy atom. The van der Waals surface area contributed by atoms with Gasteiger partial charge in [0.2, 0.25) is 0 Å². The molecule has 2 aromatic heterocycles. The molecule has 2 rings (SSSR count). The first kappa shape index (κ1) is 13.0. The van der Waals surface area contributed by atoms with Crippen LogP contribution in [0, 0.1) is 0 Å². The standard InChI is InChI=1S/C12H15BrN4O/c1-8(9-3-4-14-7-12(9)18-2)15-6-11-10(13)5-16-17-11/h3-5,7-8,15H,6H2,1-2H3,(H,16,17). The molecule has 2 aromatic rings. The third-order valence-electron chi connectivity index (χ3n) is 2.75. The highest BCUT2D eigenvalue weighted by Gasteiger charge is 2.11. The van der Waals surface area contributed by atoms with Crippen LogP contribution in [-0.4, -0.2) is 22.3 Å². The highest BCUT2D eigenvalue weighted by atomic mass is 79.9. The van der Waals surface area contributed by atoms with Crippen LogP contribution in [0.2, 0.25) is 0 Å². The summed E-state index contributed by atoms with van der Waals surface area (Å²) >= 11 is 3.43. The second-order valence-electron chi connectivity index (χ2n) is 3.92. The van der Waals surface area contributed by atoms with Crippen molar-refractivity contribution in [2.24, 2.45) is 0 Å². The average molecular weight is 311 g/mol. The fourth-order valence-corrected chi connectivity index (χ4v) is 2.04. The van der Waals surface area contributed by atoms with Crippen molar-refractivity contribution in [1.82, 2.24) is 20.5 Å². The predicted molar refractivity (Wildman–Crippen MR) is 72.3 cm³/mol. The molecule has 0 aliphatic heterocycles. The normalized spacial score (nSPS) is 12.4. The van der Waals surface area contributed by atoms with Crippen molar-refractivity contribution in [2.75, 3.05) is 7.11 Å². The summed E-state index contributed by atoms with van der Waals surface area (Å²) in [4.78, 5) is 4.05. The van der Waals surface area contributed by atoms with Crippen LogP contribution in [0.3, 0.4) is 0 Å². The summed E-state index contributed by atoms with van der Waals surface area (Å²) in [5, 5.41) is 10.3. The second kappa shape index (κ2) is 5.97. The van der Waals surface area contributed by atoms with E-state index < -0.39 is 0 Å². The zero-order chi connectivity index (χ0) is 13.0. The quantitative estimate of drug-likeness (QED) is 0.890. The number of hydrogen-bond acceptors (Lipinski definition) is 4. The van der Waals surface area contributed by atoms with Gasteiger partial charge < -0.3 is 10.1 Å². The van der Waals surface area contributed by atoms with E-state index in [0.29, 0.717) is 6.54 Å². The molecule has 2 heterocycles. The number of aromatic nitrogens is 3. The summed E-state index contributed by atoms with van der Waals surface area (Å²) in [5.41, 5.74) is 2.11. The Hall–Kier alpha value is -1.40. The number of methoxy groups -OCH3 is 1. The summed E-state index contributed by atoms with van der Waals surface area (Å²) in [6.45, 7) is 2.79. The molecule has 0 radical (unpaired) electrons. The van der Waals surface area contributed by atoms with Gasteiger partial charge in [-0.3, -0.25) is 10.1 Å². The minimum atomic E-state index is 0.165. The molecular formula is C12H15BrN4O. The molecule has 0 saturated carbocycles. The SMILES string of the molecule is COc1cnccc1C(C)NCc1[nH]ncc1Br. The van der Waals surface area contributed by atoms with E-state index in [4.69, 9.17) is 4.74 Å². The molecule has 0 aromatic carbocycles. The predicted octanol–water partition coefficient (Wildman–Crippen LogP) is 2.43. The zero-order valence-corrected chi connectivity index (χ0v) is 11.9. The molecule has 18 heavy (non-hydrogen) atoms. The smallest absolute Gasteiger partial charge is 0.141 e. The topological polar surface area (TPSA) is 62.8 Å². The molecule has 2 N–H and O–H groups in total. The maximum Gasteiger partial charge on any atom is 0.141 e. The maximum absolute atomic E-state index is 5.30. The number of nitrogens with zero attached hydrogens (tertiary/aromatic N) is 2. The van der Waals surface area contributed by atoms with Crippen LogP contribution < -0.4 is 10.1 Å². The van der Waals surface area contributed by atoms with Crippen molar-refractivity contribution in [3.8, 4) is 5.75 Å². The van der Waals surface area contributed by atoms with Crippen LogP contribution in [0.5, 0.6) is 5.75 Å². The van der Waals surface area contributed by atoms with Gasteiger partial charge in [0.25, 0.3) is 0 Å². The molecule has 0 bridgehead atoms. The number of nitrogens with one attached hydrogen (secondary N) is 2. The summed E-state index contributed by atoms with van der Waals surface area (Å²) in [6.07, 6.45) is 5.23. The number of rotatable bonds is 5. The number of H-pyrrole nitrogens is 1. The first-order valence-electron chi connectivity index (χ1n) is 5.61. The highest BCUT2D eigenvalue weighted by Crippen LogP contribution is 2.23. The number of ether oxygens (including phenoxy) is 1. The van der Waals surface area contributed by atoms with Crippen LogP contribution in [0.4, 0.5) is 0 Å². The van der Waals surface area contributed by atoms with Gasteiger partial charge in [-0.25, -0.2) is 0 Å². The summed E-state index contributed by atoms with van der Waals surface area (Å²) in [6, 6.07) is 2.12. The lowest BCUT2D eigenvalue weighted by Crippen LogP contribution is -2.19. The Kier molecular flexibility index (Phi) is 4.33. The molecule has 1 unspecified atom stereocenters. The molecule has 96 valence electrons. The van der Waals surface area contributed by atoms with Crippen LogP contribution in [0.15, 0.2) is 29.1 Å². The van der Waals surface area contributed by atoms with Gasteiger partial charge in [0.05, 0.1) is 29.7 Å². The van der Waals surface area contributed by atoms with E-state index in [9.17, 15) is 0 Å². The van der Waals surface area contributed by atoms with E-state index in [1.54, 1.807) is 25.7 Å². The van der Waals surface area contributed by atoms with E-state index in [-0.39, 0.29) is 6.04 Å². The van der Waals surface area contributed by atoms with E-state index in [2.05, 4.69) is 43.4 Å². The van der Waals surface area contributed by atoms with Crippen LogP contribution in [0.25, 0.3) is 0 Å². The number of halogens is 1. The van der Waals surface area contributed by atoms with Gasteiger partial charge in [0.15, 0.2) is 0 Å². The van der Waals surface area contributed by atoms with Gasteiger partial charge in [-0.05, 0) is 28.9 Å². The van der Waals surface area contributed by atoms with Crippen molar-refractivity contribution >= 4 is 15.9 Å². The molecule has 0 aliphatic rings. The van der Waals surface area contributed by atoms with E-state index in [0.717, 1.165) is 21.5 Å². The third-order valence-corrected chi connectivity index (χ3v) is 3.44. The maximum atomic E-state index is 5.30. The van der Waals surface area contributed by atoms with Crippen molar-refractivity contribution in [3.63, 3.8) is 0 Å². The van der Waals surface area contributed by atoms with Crippen LogP contribution in [-0.2, 0) is 6.54 Å². The minimum Gasteiger partial charge on any atom is -0.495 e. The molecule has 0 fully saturated rings. The van der Waals surface area contributed by atoms with E-state index >= 15 is 0 Å². The van der Waals surface area contributed by atoms with Gasteiger partial charge in [-0.1, -0.05) is 0 Å². The van der Waals surface area contributed by atoms with Crippen molar-refractivity contribution in [3.05, 3.63) is 40.4 Å². The molecule has 0 saturated heterocycles. The molecule has 0 aliphatic carbocycles. The van der Waals surface area contributed by atoms with Crippen molar-refractivity contribution in [2.45, 2.75) is 19.5 Å². The molecular weight excluding hydrogens is 296 g/mol. The fraction of sp³-hybridized carbons (Fsp3) is 0.333. The summed E-state index contributed by atoms with van der Waals surface area (Å²) in [5.74, 6) is 0.793. The van der Waals surface area contributed by atoms with Crippen molar-refractivity contribution < 1.29 is 4.74 Å². The largest absolute Gasteiger partial charge is 0.495 e. The van der Waals surface area contributed by atoms with Gasteiger partial charge in [0.1, 0.15) is 5.75 Å². The van der Waals surface area contributed by atoms with Crippen LogP contribution in [0.1, 0.15) is 24.2 Å². The van der Waals surface area contributed by atoms with Gasteiger partial charge in [-0.2, -0.15) is 5.10 Å². The van der Waals surface area contributed by atoms with Gasteiger partial charge in [0, 0.05) is 24.3 Å². The van der Waals surface area contributed by atoms with Gasteiger partial charge in [-0.15, -0.1) is 0 Å². The molecule has 6 heteroatoms. The monoisotopic (exact) mass is 310 g/mol. The lowest BCUT2D eigenvalue weighted by molar-refractivity contribution is 0.399. The Morgan fingerprint density at radius 2 is 2.33 bits per heavy atom. The van der Waals surface area contributed by atoms with Gasteiger partial charge >= 0.3 is 0 Å². The average Bonchev–Trinajstić information content (AvgIpc) is 2.81. The first-order valence-corrected chi connectivity index (χ1v) is 6.40. The van der Waals surface area contributed by atoms with E-state index in [1.807, 2.05) is 6.07 Å². The third kappa shape index (κ3) is 2.88. The fourth-order valence-electron chi connectivity index (χ4n) is 1.71. The Labute approximate surface area is 114 Å². The molecule has 0 spiro atoms. The Bertz CT molecular complexity index is 514. The molecule has 1 atom stereocenters. The lowest BCUT2D eigenvalue weighted by Gasteiger charge is -2.16. The minimum absolute atomic E-state index is 0.165. The first-order chi connectivity index (χ1) is 8.72. The Balaban J connectivity index is 2.03. The number of pyridine rings is 1. The van der Waals surface area contributed by atoms with Crippen molar-refractivity contribution in [1.29, 1.82) is 0 Å². The number of hydrogen-bond donors (Lipinski definition) is 2. The Morgan fingerprint density at radius 1 is 1.50 bits per heavy atom. The summed E-state index contributed by atoms with van der Waals surface area (Å²) < 4.78 is 6.27. The summed E-state index contributed by atoms with van der Waals surface area (Å²) in [7, 11) is 1.65. The lowest BCUT2D eigenvalue weighted by atomic mass is 10.1. The second-order valence-corrected chi connectivity index (χ2v) is 4.77. The van der Waals surface area contributed by atoms with E-state index in [1.165, 1.54) is 0 Å². The van der Waals surface area contributed by atoms with Crippen LogP contribution >= 0.6 is 15.9 Å². The number of aromatic amines is 1. The molecule has 0 amide bonds. The zero-order valence-electron chi connectivity index (χ0n) is 10.3. The molecule has 5 nitrogen and oxygen atoms in total.